The molecule has 0 bridgehead atoms. The molecular formula is C26H24BrP. The van der Waals surface area contributed by atoms with Crippen molar-refractivity contribution in [1.29, 1.82) is 0 Å². The molecule has 0 heterocycles. The molecule has 28 heavy (non-hydrogen) atoms. The van der Waals surface area contributed by atoms with Gasteiger partial charge in [0.05, 0.1) is 0 Å². The first-order valence-corrected chi connectivity index (χ1v) is 13.8. The fourth-order valence-corrected chi connectivity index (χ4v) is 13.6. The molecule has 4 rings (SSSR count). The van der Waals surface area contributed by atoms with Gasteiger partial charge in [0.2, 0.25) is 0 Å². The summed E-state index contributed by atoms with van der Waals surface area (Å²) in [5.74, 6) is 0. The standard InChI is InChI=1S/C26H24BrP/c1-21-13-12-14-22(2)26(21)28(27,23-15-6-3-7-16-23,24-17-8-4-9-18-24)25-19-10-5-11-20-25/h3-20H,1-2H3. The van der Waals surface area contributed by atoms with Gasteiger partial charge in [-0.3, -0.25) is 0 Å². The van der Waals surface area contributed by atoms with Crippen LogP contribution in [0.1, 0.15) is 11.1 Å². The first-order chi connectivity index (χ1) is 13.6. The fourth-order valence-electron chi connectivity index (χ4n) is 4.43. The van der Waals surface area contributed by atoms with Crippen LogP contribution in [0.2, 0.25) is 0 Å². The Hall–Kier alpha value is -2.21. The summed E-state index contributed by atoms with van der Waals surface area (Å²) in [6.07, 6.45) is 0. The molecule has 4 aromatic carbocycles. The number of benzene rings is 4. The van der Waals surface area contributed by atoms with Crippen LogP contribution in [-0.2, 0) is 0 Å². The van der Waals surface area contributed by atoms with Gasteiger partial charge >= 0.3 is 176 Å². The van der Waals surface area contributed by atoms with Gasteiger partial charge in [-0.05, 0) is 0 Å². The Morgan fingerprint density at radius 1 is 0.464 bits per heavy atom. The zero-order chi connectivity index (χ0) is 19.6. The summed E-state index contributed by atoms with van der Waals surface area (Å²) in [6.45, 7) is 4.47. The Balaban J connectivity index is 2.30. The van der Waals surface area contributed by atoms with Crippen LogP contribution in [0, 0.1) is 13.8 Å². The monoisotopic (exact) mass is 446 g/mol. The van der Waals surface area contributed by atoms with E-state index >= 15 is 0 Å². The van der Waals surface area contributed by atoms with Gasteiger partial charge in [-0.1, -0.05) is 0 Å². The Morgan fingerprint density at radius 2 is 0.786 bits per heavy atom. The van der Waals surface area contributed by atoms with Crippen molar-refractivity contribution < 1.29 is 0 Å². The van der Waals surface area contributed by atoms with Gasteiger partial charge in [0.25, 0.3) is 0 Å². The van der Waals surface area contributed by atoms with Crippen LogP contribution >= 0.6 is 20.8 Å². The molecule has 0 atom stereocenters. The van der Waals surface area contributed by atoms with E-state index in [1.165, 1.54) is 32.3 Å². The van der Waals surface area contributed by atoms with Gasteiger partial charge in [-0.2, -0.15) is 0 Å². The summed E-state index contributed by atoms with van der Waals surface area (Å²) in [5, 5.41) is 2.27. The van der Waals surface area contributed by atoms with Crippen molar-refractivity contribution in [2.45, 2.75) is 13.8 Å². The Bertz CT molecular complexity index is 969. The molecule has 0 aliphatic carbocycles. The van der Waals surface area contributed by atoms with Gasteiger partial charge in [0.1, 0.15) is 0 Å². The molecule has 0 aliphatic rings. The number of aryl methyl sites for hydroxylation is 2. The number of halogens is 1. The SMILES string of the molecule is Cc1cccc(C)c1P(Br)(c1ccccc1)(c1ccccc1)c1ccccc1. The maximum absolute atomic E-state index is 4.56. The molecule has 0 fully saturated rings. The Morgan fingerprint density at radius 3 is 1.11 bits per heavy atom. The van der Waals surface area contributed by atoms with Gasteiger partial charge in [0.15, 0.2) is 0 Å². The summed E-state index contributed by atoms with van der Waals surface area (Å²) in [7, 11) is 0. The summed E-state index contributed by atoms with van der Waals surface area (Å²) < 4.78 is 0. The summed E-state index contributed by atoms with van der Waals surface area (Å²) in [5.41, 5.74) is 2.62. The second-order valence-electron chi connectivity index (χ2n) is 7.26. The van der Waals surface area contributed by atoms with E-state index in [-0.39, 0.29) is 0 Å². The molecular weight excluding hydrogens is 423 g/mol. The zero-order valence-electron chi connectivity index (χ0n) is 16.2. The Kier molecular flexibility index (Phi) is 5.00. The molecule has 0 radical (unpaired) electrons. The van der Waals surface area contributed by atoms with Crippen LogP contribution in [0.3, 0.4) is 0 Å². The van der Waals surface area contributed by atoms with Gasteiger partial charge < -0.3 is 0 Å². The van der Waals surface area contributed by atoms with E-state index in [9.17, 15) is 0 Å². The predicted molar refractivity (Wildman–Crippen MR) is 130 cm³/mol. The molecule has 140 valence electrons. The van der Waals surface area contributed by atoms with Crippen molar-refractivity contribution in [3.05, 3.63) is 120 Å². The number of rotatable bonds is 4. The second kappa shape index (κ2) is 7.32. The van der Waals surface area contributed by atoms with Crippen molar-refractivity contribution >= 4 is 42.0 Å². The van der Waals surface area contributed by atoms with E-state index in [4.69, 9.17) is 0 Å². The summed E-state index contributed by atoms with van der Waals surface area (Å²) in [4.78, 5) is 0. The van der Waals surface area contributed by atoms with Crippen LogP contribution < -0.4 is 21.2 Å². The van der Waals surface area contributed by atoms with E-state index in [1.54, 1.807) is 0 Å². The van der Waals surface area contributed by atoms with Crippen molar-refractivity contribution in [2.75, 3.05) is 0 Å². The average Bonchev–Trinajstić information content (AvgIpc) is 2.75. The first-order valence-electron chi connectivity index (χ1n) is 9.54. The third kappa shape index (κ3) is 2.69. The predicted octanol–water partition coefficient (Wildman–Crippen LogP) is 5.77. The molecule has 0 saturated carbocycles. The van der Waals surface area contributed by atoms with Crippen molar-refractivity contribution in [3.63, 3.8) is 0 Å². The third-order valence-electron chi connectivity index (χ3n) is 5.58. The molecule has 0 nitrogen and oxygen atoms in total. The van der Waals surface area contributed by atoms with Crippen LogP contribution in [0.5, 0.6) is 0 Å². The van der Waals surface area contributed by atoms with E-state index < -0.39 is 5.31 Å². The Labute approximate surface area is 175 Å². The summed E-state index contributed by atoms with van der Waals surface area (Å²) in [6, 6.07) is 39.5. The first kappa shape index (κ1) is 19.1. The van der Waals surface area contributed by atoms with Gasteiger partial charge in [-0.15, -0.1) is 0 Å². The van der Waals surface area contributed by atoms with E-state index in [2.05, 4.69) is 139 Å². The minimum atomic E-state index is -3.10. The number of hydrogen-bond donors (Lipinski definition) is 0. The molecule has 0 aliphatic heterocycles. The average molecular weight is 447 g/mol. The topological polar surface area (TPSA) is 0 Å². The van der Waals surface area contributed by atoms with E-state index in [0.29, 0.717) is 0 Å². The van der Waals surface area contributed by atoms with Gasteiger partial charge in [-0.25, -0.2) is 0 Å². The number of hydrogen-bond acceptors (Lipinski definition) is 0. The molecule has 0 N–H and O–H groups in total. The molecule has 0 unspecified atom stereocenters. The molecule has 0 saturated heterocycles. The molecule has 0 aromatic heterocycles. The zero-order valence-corrected chi connectivity index (χ0v) is 18.7. The molecule has 4 aromatic rings. The fraction of sp³-hybridized carbons (Fsp3) is 0.0769. The van der Waals surface area contributed by atoms with Crippen molar-refractivity contribution in [1.82, 2.24) is 0 Å². The van der Waals surface area contributed by atoms with E-state index in [1.807, 2.05) is 0 Å². The van der Waals surface area contributed by atoms with E-state index in [0.717, 1.165) is 0 Å². The summed E-state index contributed by atoms with van der Waals surface area (Å²) >= 11 is 4.56. The van der Waals surface area contributed by atoms with Crippen molar-refractivity contribution in [2.24, 2.45) is 0 Å². The van der Waals surface area contributed by atoms with Crippen LogP contribution in [-0.4, -0.2) is 0 Å². The van der Waals surface area contributed by atoms with Crippen LogP contribution in [0.25, 0.3) is 0 Å². The minimum absolute atomic E-state index is 1.31. The normalized spacial score (nSPS) is 12.9. The van der Waals surface area contributed by atoms with Crippen LogP contribution in [0.4, 0.5) is 0 Å². The van der Waals surface area contributed by atoms with Gasteiger partial charge in [0, 0.05) is 0 Å². The van der Waals surface area contributed by atoms with Crippen molar-refractivity contribution in [3.8, 4) is 0 Å². The molecule has 0 spiro atoms. The maximum atomic E-state index is 4.56. The molecule has 0 amide bonds. The molecule has 2 heteroatoms. The quantitative estimate of drug-likeness (QED) is 0.349. The third-order valence-corrected chi connectivity index (χ3v) is 15.7. The van der Waals surface area contributed by atoms with Crippen LogP contribution in [0.15, 0.2) is 109 Å². The second-order valence-corrected chi connectivity index (χ2v) is 15.5.